The molecule has 2 nitrogen and oxygen atoms in total. The van der Waals surface area contributed by atoms with Gasteiger partial charge in [-0.05, 0) is 49.4 Å². The number of nitrogens with two attached hydrogens (primary N) is 1. The van der Waals surface area contributed by atoms with Gasteiger partial charge in [-0.3, -0.25) is 0 Å². The molecule has 0 bridgehead atoms. The van der Waals surface area contributed by atoms with Crippen molar-refractivity contribution >= 4 is 43.2 Å². The van der Waals surface area contributed by atoms with E-state index in [1.165, 1.54) is 0 Å². The summed E-state index contributed by atoms with van der Waals surface area (Å²) in [6, 6.07) is 3.61. The molecule has 5 heteroatoms. The van der Waals surface area contributed by atoms with Gasteiger partial charge in [-0.25, -0.2) is 0 Å². The van der Waals surface area contributed by atoms with Crippen LogP contribution < -0.4 is 5.73 Å². The van der Waals surface area contributed by atoms with E-state index in [0.717, 1.165) is 19.6 Å². The summed E-state index contributed by atoms with van der Waals surface area (Å²) >= 11 is 8.45. The highest BCUT2D eigenvalue weighted by atomic mass is 79.9. The van der Waals surface area contributed by atoms with Crippen LogP contribution in [0.5, 0.6) is 0 Å². The van der Waals surface area contributed by atoms with E-state index < -0.39 is 0 Å². The maximum Gasteiger partial charge on any atom is 0.140 e. The van der Waals surface area contributed by atoms with Gasteiger partial charge in [0.05, 0.1) is 10.7 Å². The van der Waals surface area contributed by atoms with E-state index in [1.54, 1.807) is 17.6 Å². The third-order valence-corrected chi connectivity index (χ3v) is 4.46. The van der Waals surface area contributed by atoms with Gasteiger partial charge in [0.15, 0.2) is 0 Å². The molecule has 0 fully saturated rings. The van der Waals surface area contributed by atoms with Crippen molar-refractivity contribution < 1.29 is 4.42 Å². The Morgan fingerprint density at radius 2 is 2.07 bits per heavy atom. The summed E-state index contributed by atoms with van der Waals surface area (Å²) in [7, 11) is 0. The Hall–Kier alpha value is -0.100. The molecule has 0 aliphatic heterocycles. The molecule has 1 atom stereocenters. The molecule has 0 aliphatic carbocycles. The Morgan fingerprint density at radius 3 is 2.57 bits per heavy atom. The highest BCUT2D eigenvalue weighted by molar-refractivity contribution is 9.10. The van der Waals surface area contributed by atoms with Crippen molar-refractivity contribution in [3.8, 4) is 0 Å². The summed E-state index contributed by atoms with van der Waals surface area (Å²) in [6.07, 6.45) is 1.63. The average molecular weight is 337 g/mol. The van der Waals surface area contributed by atoms with Gasteiger partial charge < -0.3 is 10.2 Å². The first-order valence-electron chi connectivity index (χ1n) is 3.91. The predicted octanol–water partition coefficient (Wildman–Crippen LogP) is 3.91. The largest absolute Gasteiger partial charge is 0.466 e. The molecule has 0 radical (unpaired) electrons. The first-order chi connectivity index (χ1) is 6.70. The number of thiophene rings is 1. The summed E-state index contributed by atoms with van der Waals surface area (Å²) in [5.41, 5.74) is 6.06. The molecule has 2 aromatic heterocycles. The highest BCUT2D eigenvalue weighted by Crippen LogP contribution is 2.34. The minimum atomic E-state index is -0.214. The lowest BCUT2D eigenvalue weighted by Gasteiger charge is -2.07. The van der Waals surface area contributed by atoms with Crippen molar-refractivity contribution in [3.05, 3.63) is 43.4 Å². The Balaban J connectivity index is 2.38. The zero-order valence-electron chi connectivity index (χ0n) is 7.04. The van der Waals surface area contributed by atoms with Gasteiger partial charge in [-0.1, -0.05) is 0 Å². The van der Waals surface area contributed by atoms with Crippen LogP contribution in [-0.4, -0.2) is 0 Å². The van der Waals surface area contributed by atoms with Crippen molar-refractivity contribution in [2.24, 2.45) is 5.73 Å². The van der Waals surface area contributed by atoms with Crippen LogP contribution in [0.3, 0.4) is 0 Å². The Labute approximate surface area is 102 Å². The lowest BCUT2D eigenvalue weighted by atomic mass is 10.2. The van der Waals surface area contributed by atoms with Gasteiger partial charge in [-0.2, -0.15) is 0 Å². The van der Waals surface area contributed by atoms with E-state index in [-0.39, 0.29) is 6.04 Å². The summed E-state index contributed by atoms with van der Waals surface area (Å²) in [5.74, 6) is 0.758. The molecule has 1 unspecified atom stereocenters. The number of hydrogen-bond acceptors (Lipinski definition) is 3. The summed E-state index contributed by atoms with van der Waals surface area (Å²) in [6.45, 7) is 0. The molecule has 2 rings (SSSR count). The molecule has 0 aliphatic rings. The standard InChI is InChI=1S/C9H7Br2NOS/c10-5-1-3-13-8(5)7(12)9-6(11)2-4-14-9/h1-4,7H,12H2. The topological polar surface area (TPSA) is 39.2 Å². The zero-order chi connectivity index (χ0) is 10.1. The first-order valence-corrected chi connectivity index (χ1v) is 6.38. The van der Waals surface area contributed by atoms with E-state index >= 15 is 0 Å². The van der Waals surface area contributed by atoms with Gasteiger partial charge in [0, 0.05) is 9.35 Å². The molecular formula is C9H7Br2NOS. The SMILES string of the molecule is NC(c1occc1Br)c1sccc1Br. The lowest BCUT2D eigenvalue weighted by Crippen LogP contribution is -2.10. The van der Waals surface area contributed by atoms with Gasteiger partial charge in [0.25, 0.3) is 0 Å². The molecule has 2 aromatic rings. The molecule has 74 valence electrons. The summed E-state index contributed by atoms with van der Waals surface area (Å²) < 4.78 is 7.25. The molecular weight excluding hydrogens is 330 g/mol. The fourth-order valence-electron chi connectivity index (χ4n) is 1.17. The monoisotopic (exact) mass is 335 g/mol. The van der Waals surface area contributed by atoms with E-state index in [2.05, 4.69) is 31.9 Å². The summed E-state index contributed by atoms with van der Waals surface area (Å²) in [4.78, 5) is 1.07. The van der Waals surface area contributed by atoms with Crippen LogP contribution in [0.2, 0.25) is 0 Å². The Bertz CT molecular complexity index is 397. The number of furan rings is 1. The molecule has 0 aromatic carbocycles. The van der Waals surface area contributed by atoms with Crippen molar-refractivity contribution in [2.45, 2.75) is 6.04 Å². The van der Waals surface area contributed by atoms with Gasteiger partial charge in [-0.15, -0.1) is 11.3 Å². The molecule has 0 spiro atoms. The van der Waals surface area contributed by atoms with E-state index in [0.29, 0.717) is 0 Å². The minimum Gasteiger partial charge on any atom is -0.466 e. The number of rotatable bonds is 2. The van der Waals surface area contributed by atoms with E-state index in [4.69, 9.17) is 10.2 Å². The first kappa shape index (κ1) is 10.4. The Morgan fingerprint density at radius 1 is 1.29 bits per heavy atom. The van der Waals surface area contributed by atoms with Crippen LogP contribution in [0.1, 0.15) is 16.7 Å². The minimum absolute atomic E-state index is 0.214. The Kier molecular flexibility index (Phi) is 3.11. The second-order valence-corrected chi connectivity index (χ2v) is 5.40. The third-order valence-electron chi connectivity index (χ3n) is 1.85. The molecule has 2 N–H and O–H groups in total. The van der Waals surface area contributed by atoms with Crippen LogP contribution in [0.25, 0.3) is 0 Å². The number of halogens is 2. The van der Waals surface area contributed by atoms with Crippen LogP contribution in [0.4, 0.5) is 0 Å². The average Bonchev–Trinajstić information content (AvgIpc) is 2.73. The van der Waals surface area contributed by atoms with Gasteiger partial charge in [0.2, 0.25) is 0 Å². The second kappa shape index (κ2) is 4.18. The smallest absolute Gasteiger partial charge is 0.140 e. The maximum atomic E-state index is 6.06. The normalized spacial score (nSPS) is 13.1. The molecule has 0 saturated carbocycles. The molecule has 14 heavy (non-hydrogen) atoms. The fraction of sp³-hybridized carbons (Fsp3) is 0.111. The van der Waals surface area contributed by atoms with Crippen LogP contribution in [-0.2, 0) is 0 Å². The molecule has 0 saturated heterocycles. The van der Waals surface area contributed by atoms with Crippen molar-refractivity contribution in [1.29, 1.82) is 0 Å². The van der Waals surface area contributed by atoms with Crippen LogP contribution in [0.15, 0.2) is 37.1 Å². The fourth-order valence-corrected chi connectivity index (χ4v) is 3.24. The van der Waals surface area contributed by atoms with Crippen molar-refractivity contribution in [1.82, 2.24) is 0 Å². The number of hydrogen-bond donors (Lipinski definition) is 1. The van der Waals surface area contributed by atoms with Gasteiger partial charge in [0.1, 0.15) is 11.8 Å². The lowest BCUT2D eigenvalue weighted by molar-refractivity contribution is 0.489. The van der Waals surface area contributed by atoms with Crippen LogP contribution in [0, 0.1) is 0 Å². The third kappa shape index (κ3) is 1.82. The predicted molar refractivity (Wildman–Crippen MR) is 64.5 cm³/mol. The summed E-state index contributed by atoms with van der Waals surface area (Å²) in [5, 5.41) is 2.00. The van der Waals surface area contributed by atoms with Gasteiger partial charge >= 0.3 is 0 Å². The van der Waals surface area contributed by atoms with Crippen LogP contribution >= 0.6 is 43.2 Å². The maximum absolute atomic E-state index is 6.06. The zero-order valence-corrected chi connectivity index (χ0v) is 11.0. The molecule has 0 amide bonds. The van der Waals surface area contributed by atoms with Crippen molar-refractivity contribution in [3.63, 3.8) is 0 Å². The van der Waals surface area contributed by atoms with Crippen molar-refractivity contribution in [2.75, 3.05) is 0 Å². The van der Waals surface area contributed by atoms with E-state index in [9.17, 15) is 0 Å². The molecule has 2 heterocycles. The second-order valence-electron chi connectivity index (χ2n) is 2.74. The quantitative estimate of drug-likeness (QED) is 0.902. The highest BCUT2D eigenvalue weighted by Gasteiger charge is 2.18. The van der Waals surface area contributed by atoms with E-state index in [1.807, 2.05) is 17.5 Å².